The van der Waals surface area contributed by atoms with Crippen molar-refractivity contribution < 1.29 is 9.53 Å². The minimum Gasteiger partial charge on any atom is -0.377 e. The molecule has 0 radical (unpaired) electrons. The van der Waals surface area contributed by atoms with Crippen molar-refractivity contribution in [1.29, 1.82) is 0 Å². The number of guanidine groups is 1. The topological polar surface area (TPSA) is 80.0 Å². The second-order valence-corrected chi connectivity index (χ2v) is 6.75. The van der Waals surface area contributed by atoms with Gasteiger partial charge in [-0.1, -0.05) is 24.3 Å². The van der Waals surface area contributed by atoms with Crippen molar-refractivity contribution >= 4 is 35.8 Å². The van der Waals surface area contributed by atoms with Crippen LogP contribution < -0.4 is 11.1 Å². The molecule has 1 unspecified atom stereocenters. The van der Waals surface area contributed by atoms with Gasteiger partial charge in [-0.2, -0.15) is 0 Å². The maximum Gasteiger partial charge on any atom is 0.217 e. The van der Waals surface area contributed by atoms with Gasteiger partial charge in [0, 0.05) is 32.7 Å². The van der Waals surface area contributed by atoms with Gasteiger partial charge in [-0.3, -0.25) is 4.79 Å². The van der Waals surface area contributed by atoms with E-state index in [1.807, 2.05) is 6.92 Å². The number of nitrogens with one attached hydrogen (secondary N) is 1. The Morgan fingerprint density at radius 2 is 2.00 bits per heavy atom. The highest BCUT2D eigenvalue weighted by atomic mass is 127. The molecule has 1 fully saturated rings. The van der Waals surface area contributed by atoms with E-state index in [0.717, 1.165) is 45.0 Å². The Bertz CT molecular complexity index is 592. The molecule has 152 valence electrons. The Balaban J connectivity index is 0.00000364. The lowest BCUT2D eigenvalue weighted by molar-refractivity contribution is -0.119. The molecular formula is C20H33IN4O2. The zero-order valence-electron chi connectivity index (χ0n) is 16.4. The van der Waals surface area contributed by atoms with E-state index in [9.17, 15) is 4.79 Å². The number of hydrogen-bond donors (Lipinski definition) is 2. The molecule has 0 spiro atoms. The molecule has 0 saturated carbocycles. The number of primary amides is 1. The third-order valence-electron chi connectivity index (χ3n) is 4.55. The number of carbonyl (C=O) groups is 1. The van der Waals surface area contributed by atoms with Gasteiger partial charge < -0.3 is 20.7 Å². The van der Waals surface area contributed by atoms with E-state index in [1.165, 1.54) is 11.1 Å². The number of hydrogen-bond acceptors (Lipinski definition) is 3. The van der Waals surface area contributed by atoms with Crippen molar-refractivity contribution in [2.24, 2.45) is 16.6 Å². The molecule has 1 aliphatic heterocycles. The first-order chi connectivity index (χ1) is 12.6. The highest BCUT2D eigenvalue weighted by Gasteiger charge is 2.23. The monoisotopic (exact) mass is 488 g/mol. The van der Waals surface area contributed by atoms with E-state index in [1.54, 1.807) is 0 Å². The lowest BCUT2D eigenvalue weighted by atomic mass is 9.95. The second-order valence-electron chi connectivity index (χ2n) is 6.75. The fourth-order valence-corrected chi connectivity index (χ4v) is 3.26. The summed E-state index contributed by atoms with van der Waals surface area (Å²) in [4.78, 5) is 18.3. The molecule has 1 aromatic rings. The number of aliphatic imine (C=N–C) groups is 1. The van der Waals surface area contributed by atoms with E-state index in [2.05, 4.69) is 41.4 Å². The molecule has 1 atom stereocenters. The molecule has 3 N–H and O–H groups in total. The molecule has 0 aromatic heterocycles. The third-order valence-corrected chi connectivity index (χ3v) is 4.55. The van der Waals surface area contributed by atoms with Crippen LogP contribution in [0.5, 0.6) is 0 Å². The van der Waals surface area contributed by atoms with Crippen LogP contribution >= 0.6 is 24.0 Å². The lowest BCUT2D eigenvalue weighted by Gasteiger charge is -2.34. The highest BCUT2D eigenvalue weighted by molar-refractivity contribution is 14.0. The zero-order chi connectivity index (χ0) is 18.8. The SMILES string of the molecule is CCNC(=NCc1ccc(COCC)cc1)N1CCCC(CC(N)=O)C1.I. The number of halogens is 1. The number of benzene rings is 1. The van der Waals surface area contributed by atoms with Crippen LogP contribution in [0.1, 0.15) is 44.2 Å². The van der Waals surface area contributed by atoms with Gasteiger partial charge in [0.1, 0.15) is 0 Å². The summed E-state index contributed by atoms with van der Waals surface area (Å²) in [6.07, 6.45) is 2.58. The van der Waals surface area contributed by atoms with Crippen LogP contribution in [0.4, 0.5) is 0 Å². The van der Waals surface area contributed by atoms with Gasteiger partial charge in [0.2, 0.25) is 5.91 Å². The summed E-state index contributed by atoms with van der Waals surface area (Å²) in [6.45, 7) is 8.71. The maximum absolute atomic E-state index is 11.2. The van der Waals surface area contributed by atoms with Crippen LogP contribution in [0, 0.1) is 5.92 Å². The normalized spacial score (nSPS) is 17.3. The van der Waals surface area contributed by atoms with Crippen LogP contribution in [-0.2, 0) is 22.7 Å². The number of rotatable bonds is 8. The van der Waals surface area contributed by atoms with E-state index in [-0.39, 0.29) is 29.9 Å². The molecule has 1 heterocycles. The summed E-state index contributed by atoms with van der Waals surface area (Å²) in [5.41, 5.74) is 7.72. The molecule has 0 aliphatic carbocycles. The second kappa shape index (κ2) is 12.9. The molecule has 1 saturated heterocycles. The average Bonchev–Trinajstić information content (AvgIpc) is 2.64. The molecule has 6 nitrogen and oxygen atoms in total. The van der Waals surface area contributed by atoms with Gasteiger partial charge in [0.15, 0.2) is 5.96 Å². The Labute approximate surface area is 179 Å². The van der Waals surface area contributed by atoms with Crippen LogP contribution in [0.25, 0.3) is 0 Å². The summed E-state index contributed by atoms with van der Waals surface area (Å²) < 4.78 is 5.43. The minimum absolute atomic E-state index is 0. The summed E-state index contributed by atoms with van der Waals surface area (Å²) in [6, 6.07) is 8.40. The Hall–Kier alpha value is -1.35. The van der Waals surface area contributed by atoms with Crippen LogP contribution in [0.15, 0.2) is 29.3 Å². The van der Waals surface area contributed by atoms with Gasteiger partial charge in [-0.25, -0.2) is 4.99 Å². The molecule has 7 heteroatoms. The van der Waals surface area contributed by atoms with Gasteiger partial charge >= 0.3 is 0 Å². The average molecular weight is 488 g/mol. The summed E-state index contributed by atoms with van der Waals surface area (Å²) in [5.74, 6) is 1.02. The molecule has 1 amide bonds. The van der Waals surface area contributed by atoms with Crippen molar-refractivity contribution in [1.82, 2.24) is 10.2 Å². The molecule has 1 aliphatic rings. The summed E-state index contributed by atoms with van der Waals surface area (Å²) in [5, 5.41) is 3.38. The Morgan fingerprint density at radius 1 is 1.30 bits per heavy atom. The Morgan fingerprint density at radius 3 is 2.63 bits per heavy atom. The molecular weight excluding hydrogens is 455 g/mol. The van der Waals surface area contributed by atoms with E-state index in [0.29, 0.717) is 25.5 Å². The maximum atomic E-state index is 11.2. The van der Waals surface area contributed by atoms with E-state index < -0.39 is 0 Å². The van der Waals surface area contributed by atoms with Crippen molar-refractivity contribution in [2.75, 3.05) is 26.2 Å². The lowest BCUT2D eigenvalue weighted by Crippen LogP contribution is -2.47. The molecule has 0 bridgehead atoms. The van der Waals surface area contributed by atoms with Gasteiger partial charge in [0.25, 0.3) is 0 Å². The Kier molecular flexibility index (Phi) is 11.3. The number of piperidine rings is 1. The zero-order valence-corrected chi connectivity index (χ0v) is 18.8. The minimum atomic E-state index is -0.217. The number of likely N-dealkylation sites (tertiary alicyclic amines) is 1. The van der Waals surface area contributed by atoms with Crippen LogP contribution in [-0.4, -0.2) is 43.0 Å². The van der Waals surface area contributed by atoms with E-state index in [4.69, 9.17) is 15.5 Å². The molecule has 27 heavy (non-hydrogen) atoms. The number of amides is 1. The standard InChI is InChI=1S/C20H32N4O2.HI/c1-3-22-20(24-11-5-6-18(14-24)12-19(21)25)23-13-16-7-9-17(10-8-16)15-26-4-2;/h7-10,18H,3-6,11-15H2,1-2H3,(H2,21,25)(H,22,23);1H. The quantitative estimate of drug-likeness (QED) is 0.335. The van der Waals surface area contributed by atoms with Crippen LogP contribution in [0.3, 0.4) is 0 Å². The fraction of sp³-hybridized carbons (Fsp3) is 0.600. The molecule has 1 aromatic carbocycles. The van der Waals surface area contributed by atoms with Crippen molar-refractivity contribution in [3.8, 4) is 0 Å². The van der Waals surface area contributed by atoms with E-state index >= 15 is 0 Å². The van der Waals surface area contributed by atoms with Gasteiger partial charge in [-0.05, 0) is 43.7 Å². The number of ether oxygens (including phenoxy) is 1. The predicted molar refractivity (Wildman–Crippen MR) is 120 cm³/mol. The van der Waals surface area contributed by atoms with Crippen molar-refractivity contribution in [3.63, 3.8) is 0 Å². The molecule has 2 rings (SSSR count). The third kappa shape index (κ3) is 8.47. The first kappa shape index (κ1) is 23.7. The largest absolute Gasteiger partial charge is 0.377 e. The van der Waals surface area contributed by atoms with Crippen LogP contribution in [0.2, 0.25) is 0 Å². The number of carbonyl (C=O) groups excluding carboxylic acids is 1. The highest BCUT2D eigenvalue weighted by Crippen LogP contribution is 2.19. The summed E-state index contributed by atoms with van der Waals surface area (Å²) in [7, 11) is 0. The fourth-order valence-electron chi connectivity index (χ4n) is 3.26. The van der Waals surface area contributed by atoms with Crippen molar-refractivity contribution in [3.05, 3.63) is 35.4 Å². The predicted octanol–water partition coefficient (Wildman–Crippen LogP) is 2.89. The number of nitrogens with zero attached hydrogens (tertiary/aromatic N) is 2. The first-order valence-electron chi connectivity index (χ1n) is 9.59. The van der Waals surface area contributed by atoms with Gasteiger partial charge in [-0.15, -0.1) is 24.0 Å². The smallest absolute Gasteiger partial charge is 0.217 e. The van der Waals surface area contributed by atoms with Crippen molar-refractivity contribution in [2.45, 2.75) is 46.3 Å². The summed E-state index contributed by atoms with van der Waals surface area (Å²) >= 11 is 0. The number of nitrogens with two attached hydrogens (primary N) is 1. The first-order valence-corrected chi connectivity index (χ1v) is 9.59. The van der Waals surface area contributed by atoms with Gasteiger partial charge in [0.05, 0.1) is 13.2 Å².